The van der Waals surface area contributed by atoms with Gasteiger partial charge in [0.15, 0.2) is 0 Å². The molecule has 2 aromatic heterocycles. The molecule has 2 aromatic rings. The van der Waals surface area contributed by atoms with E-state index in [1.165, 1.54) is 9.75 Å². The highest BCUT2D eigenvalue weighted by molar-refractivity contribution is 7.11. The molecule has 2 nitrogen and oxygen atoms in total. The van der Waals surface area contributed by atoms with Crippen molar-refractivity contribution in [2.24, 2.45) is 0 Å². The molecule has 1 atom stereocenters. The molecule has 0 saturated heterocycles. The summed E-state index contributed by atoms with van der Waals surface area (Å²) in [6, 6.07) is 6.12. The Morgan fingerprint density at radius 1 is 1.18 bits per heavy atom. The van der Waals surface area contributed by atoms with E-state index in [0.717, 1.165) is 24.2 Å². The molecule has 0 spiro atoms. The van der Waals surface area contributed by atoms with E-state index in [1.807, 2.05) is 13.0 Å². The van der Waals surface area contributed by atoms with E-state index >= 15 is 0 Å². The van der Waals surface area contributed by atoms with Gasteiger partial charge in [-0.1, -0.05) is 13.8 Å². The van der Waals surface area contributed by atoms with E-state index in [-0.39, 0.29) is 0 Å². The lowest BCUT2D eigenvalue weighted by Crippen LogP contribution is -2.01. The highest BCUT2D eigenvalue weighted by atomic mass is 32.1. The van der Waals surface area contributed by atoms with Crippen molar-refractivity contribution in [3.8, 4) is 0 Å². The van der Waals surface area contributed by atoms with Gasteiger partial charge in [-0.2, -0.15) is 0 Å². The van der Waals surface area contributed by atoms with Crippen molar-refractivity contribution in [2.75, 3.05) is 0 Å². The molecule has 1 unspecified atom stereocenters. The topological polar surface area (TPSA) is 33.4 Å². The van der Waals surface area contributed by atoms with E-state index in [1.54, 1.807) is 17.6 Å². The summed E-state index contributed by atoms with van der Waals surface area (Å²) in [5.74, 6) is 0.893. The molecule has 2 heterocycles. The van der Waals surface area contributed by atoms with Crippen molar-refractivity contribution in [2.45, 2.75) is 39.2 Å². The van der Waals surface area contributed by atoms with Gasteiger partial charge in [0.25, 0.3) is 0 Å². The molecule has 0 aliphatic heterocycles. The van der Waals surface area contributed by atoms with Gasteiger partial charge in [0.05, 0.1) is 12.4 Å². The van der Waals surface area contributed by atoms with Crippen LogP contribution in [0.2, 0.25) is 0 Å². The third kappa shape index (κ3) is 2.79. The van der Waals surface area contributed by atoms with Gasteiger partial charge in [-0.05, 0) is 24.6 Å². The number of aliphatic hydroxyl groups excluding tert-OH is 1. The fraction of sp³-hybridized carbons (Fsp3) is 0.429. The average Bonchev–Trinajstić information content (AvgIpc) is 2.96. The van der Waals surface area contributed by atoms with Crippen LogP contribution in [-0.4, -0.2) is 5.11 Å². The molecule has 0 aromatic carbocycles. The van der Waals surface area contributed by atoms with Crippen molar-refractivity contribution >= 4 is 11.3 Å². The lowest BCUT2D eigenvalue weighted by atomic mass is 10.1. The molecule has 0 amide bonds. The minimum absolute atomic E-state index is 0.452. The Hall–Kier alpha value is -1.06. The monoisotopic (exact) mass is 250 g/mol. The predicted octanol–water partition coefficient (Wildman–Crippen LogP) is 3.74. The van der Waals surface area contributed by atoms with Crippen LogP contribution in [0.4, 0.5) is 0 Å². The van der Waals surface area contributed by atoms with E-state index in [0.29, 0.717) is 6.42 Å². The third-order valence-corrected chi connectivity index (χ3v) is 4.17. The molecule has 17 heavy (non-hydrogen) atoms. The maximum Gasteiger partial charge on any atom is 0.109 e. The summed E-state index contributed by atoms with van der Waals surface area (Å²) < 4.78 is 5.34. The van der Waals surface area contributed by atoms with Crippen molar-refractivity contribution in [3.63, 3.8) is 0 Å². The Morgan fingerprint density at radius 3 is 2.59 bits per heavy atom. The summed E-state index contributed by atoms with van der Waals surface area (Å²) in [5.41, 5.74) is 0.930. The molecule has 2 rings (SSSR count). The quantitative estimate of drug-likeness (QED) is 0.877. The zero-order chi connectivity index (χ0) is 12.3. The van der Waals surface area contributed by atoms with E-state index in [4.69, 9.17) is 4.42 Å². The summed E-state index contributed by atoms with van der Waals surface area (Å²) in [6.07, 6.45) is 3.77. The van der Waals surface area contributed by atoms with E-state index in [2.05, 4.69) is 19.1 Å². The third-order valence-electron chi connectivity index (χ3n) is 2.92. The van der Waals surface area contributed by atoms with Crippen LogP contribution in [0.3, 0.4) is 0 Å². The van der Waals surface area contributed by atoms with Crippen LogP contribution in [-0.2, 0) is 19.3 Å². The second-order valence-corrected chi connectivity index (χ2v) is 5.35. The van der Waals surface area contributed by atoms with Gasteiger partial charge in [0.2, 0.25) is 0 Å². The molecule has 0 radical (unpaired) electrons. The largest absolute Gasteiger partial charge is 0.469 e. The summed E-state index contributed by atoms with van der Waals surface area (Å²) in [6.45, 7) is 4.19. The standard InChI is InChI=1S/C14H18O2S/c1-3-10-5-6-11(17-10)9-13(15)12-7-8-16-14(12)4-2/h5-8,13,15H,3-4,9H2,1-2H3. The smallest absolute Gasteiger partial charge is 0.109 e. The number of thiophene rings is 1. The van der Waals surface area contributed by atoms with Gasteiger partial charge < -0.3 is 9.52 Å². The Kier molecular flexibility index (Phi) is 4.02. The van der Waals surface area contributed by atoms with Crippen LogP contribution in [0.5, 0.6) is 0 Å². The van der Waals surface area contributed by atoms with Gasteiger partial charge in [0, 0.05) is 28.2 Å². The second-order valence-electron chi connectivity index (χ2n) is 4.09. The molecular formula is C14H18O2S. The normalized spacial score (nSPS) is 12.9. The van der Waals surface area contributed by atoms with Gasteiger partial charge in [-0.15, -0.1) is 11.3 Å². The second kappa shape index (κ2) is 5.52. The Balaban J connectivity index is 2.08. The minimum Gasteiger partial charge on any atom is -0.469 e. The van der Waals surface area contributed by atoms with Crippen molar-refractivity contribution in [1.29, 1.82) is 0 Å². The summed E-state index contributed by atoms with van der Waals surface area (Å²) in [5, 5.41) is 10.2. The first-order valence-electron chi connectivity index (χ1n) is 6.06. The zero-order valence-corrected chi connectivity index (χ0v) is 11.1. The van der Waals surface area contributed by atoms with Gasteiger partial charge in [-0.3, -0.25) is 0 Å². The van der Waals surface area contributed by atoms with Crippen molar-refractivity contribution < 1.29 is 9.52 Å². The first-order valence-corrected chi connectivity index (χ1v) is 6.88. The van der Waals surface area contributed by atoms with Crippen molar-refractivity contribution in [3.05, 3.63) is 45.5 Å². The molecule has 1 N–H and O–H groups in total. The number of rotatable bonds is 5. The maximum absolute atomic E-state index is 10.2. The number of aryl methyl sites for hydroxylation is 2. The van der Waals surface area contributed by atoms with Gasteiger partial charge in [-0.25, -0.2) is 0 Å². The highest BCUT2D eigenvalue weighted by Crippen LogP contribution is 2.26. The minimum atomic E-state index is -0.452. The fourth-order valence-corrected chi connectivity index (χ4v) is 2.95. The number of furan rings is 1. The molecule has 92 valence electrons. The van der Waals surface area contributed by atoms with Crippen LogP contribution < -0.4 is 0 Å². The lowest BCUT2D eigenvalue weighted by Gasteiger charge is -2.08. The summed E-state index contributed by atoms with van der Waals surface area (Å²) in [7, 11) is 0. The molecule has 0 aliphatic rings. The Bertz CT molecular complexity index is 470. The van der Waals surface area contributed by atoms with Crippen LogP contribution in [0.25, 0.3) is 0 Å². The molecular weight excluding hydrogens is 232 g/mol. The Labute approximate surface area is 106 Å². The lowest BCUT2D eigenvalue weighted by molar-refractivity contribution is 0.177. The van der Waals surface area contributed by atoms with Crippen LogP contribution >= 0.6 is 11.3 Å². The Morgan fingerprint density at radius 2 is 1.94 bits per heavy atom. The molecule has 0 fully saturated rings. The number of hydrogen-bond donors (Lipinski definition) is 1. The first kappa shape index (κ1) is 12.4. The van der Waals surface area contributed by atoms with Crippen LogP contribution in [0.15, 0.2) is 28.9 Å². The molecule has 0 bridgehead atoms. The van der Waals surface area contributed by atoms with Gasteiger partial charge in [0.1, 0.15) is 5.76 Å². The maximum atomic E-state index is 10.2. The first-order chi connectivity index (χ1) is 8.24. The zero-order valence-electron chi connectivity index (χ0n) is 10.3. The number of aliphatic hydroxyl groups is 1. The SMILES string of the molecule is CCc1ccc(CC(O)c2ccoc2CC)s1. The van der Waals surface area contributed by atoms with E-state index in [9.17, 15) is 5.11 Å². The van der Waals surface area contributed by atoms with Crippen molar-refractivity contribution in [1.82, 2.24) is 0 Å². The van der Waals surface area contributed by atoms with Crippen LogP contribution in [0, 0.1) is 0 Å². The van der Waals surface area contributed by atoms with E-state index < -0.39 is 6.10 Å². The fourth-order valence-electron chi connectivity index (χ4n) is 1.96. The highest BCUT2D eigenvalue weighted by Gasteiger charge is 2.15. The molecule has 0 aliphatic carbocycles. The number of hydrogen-bond acceptors (Lipinski definition) is 3. The average molecular weight is 250 g/mol. The molecule has 3 heteroatoms. The van der Waals surface area contributed by atoms with Crippen LogP contribution in [0.1, 0.15) is 41.0 Å². The predicted molar refractivity (Wildman–Crippen MR) is 70.4 cm³/mol. The summed E-state index contributed by atoms with van der Waals surface area (Å²) in [4.78, 5) is 2.60. The molecule has 0 saturated carbocycles. The van der Waals surface area contributed by atoms with Gasteiger partial charge >= 0.3 is 0 Å². The summed E-state index contributed by atoms with van der Waals surface area (Å²) >= 11 is 1.78.